The van der Waals surface area contributed by atoms with Gasteiger partial charge in [0.1, 0.15) is 6.07 Å². The van der Waals surface area contributed by atoms with Crippen molar-refractivity contribution in [2.75, 3.05) is 23.3 Å². The third kappa shape index (κ3) is 4.32. The van der Waals surface area contributed by atoms with E-state index in [2.05, 4.69) is 16.3 Å². The van der Waals surface area contributed by atoms with Crippen molar-refractivity contribution in [1.29, 1.82) is 5.26 Å². The molecule has 0 bridgehead atoms. The van der Waals surface area contributed by atoms with Crippen LogP contribution >= 0.6 is 11.6 Å². The highest BCUT2D eigenvalue weighted by molar-refractivity contribution is 6.33. The Hall–Kier alpha value is -3.29. The number of hydrogen-bond donors (Lipinski definition) is 1. The highest BCUT2D eigenvalue weighted by Crippen LogP contribution is 2.33. The molecule has 0 aliphatic carbocycles. The maximum absolute atomic E-state index is 12.9. The quantitative estimate of drug-likeness (QED) is 0.558. The van der Waals surface area contributed by atoms with Crippen molar-refractivity contribution in [1.82, 2.24) is 0 Å². The predicted octanol–water partition coefficient (Wildman–Crippen LogP) is 6.12. The fourth-order valence-corrected chi connectivity index (χ4v) is 4.07. The molecule has 0 atom stereocenters. The van der Waals surface area contributed by atoms with Gasteiger partial charge in [-0.15, -0.1) is 0 Å². The summed E-state index contributed by atoms with van der Waals surface area (Å²) in [6.07, 6.45) is 3.61. The number of piperidine rings is 1. The molecule has 4 rings (SSSR count). The zero-order chi connectivity index (χ0) is 20.9. The third-order valence-electron chi connectivity index (χ3n) is 5.39. The van der Waals surface area contributed by atoms with E-state index >= 15 is 0 Å². The normalized spacial score (nSPS) is 13.5. The number of rotatable bonds is 4. The Kier molecular flexibility index (Phi) is 6.02. The molecule has 3 aromatic rings. The van der Waals surface area contributed by atoms with Crippen molar-refractivity contribution >= 4 is 28.9 Å². The summed E-state index contributed by atoms with van der Waals surface area (Å²) in [5.41, 5.74) is 4.09. The van der Waals surface area contributed by atoms with Gasteiger partial charge < -0.3 is 10.2 Å². The number of halogens is 1. The van der Waals surface area contributed by atoms with Gasteiger partial charge in [-0.1, -0.05) is 48.0 Å². The van der Waals surface area contributed by atoms with Gasteiger partial charge in [0.05, 0.1) is 16.3 Å². The van der Waals surface area contributed by atoms with Gasteiger partial charge in [-0.05, 0) is 55.2 Å². The summed E-state index contributed by atoms with van der Waals surface area (Å²) in [7, 11) is 0. The number of amides is 1. The summed E-state index contributed by atoms with van der Waals surface area (Å²) < 4.78 is 0. The van der Waals surface area contributed by atoms with E-state index < -0.39 is 0 Å². The van der Waals surface area contributed by atoms with Crippen LogP contribution in [0, 0.1) is 11.3 Å². The van der Waals surface area contributed by atoms with Crippen molar-refractivity contribution in [3.8, 4) is 17.2 Å². The van der Waals surface area contributed by atoms with Crippen LogP contribution in [0.4, 0.5) is 11.4 Å². The van der Waals surface area contributed by atoms with E-state index in [1.54, 1.807) is 18.2 Å². The lowest BCUT2D eigenvalue weighted by Crippen LogP contribution is -2.29. The predicted molar refractivity (Wildman–Crippen MR) is 122 cm³/mol. The molecule has 1 fully saturated rings. The molecular weight excluding hydrogens is 394 g/mol. The van der Waals surface area contributed by atoms with Crippen LogP contribution in [0.1, 0.15) is 35.2 Å². The molecule has 0 saturated carbocycles. The van der Waals surface area contributed by atoms with E-state index in [1.165, 1.54) is 19.3 Å². The molecule has 0 aromatic heterocycles. The van der Waals surface area contributed by atoms with E-state index in [-0.39, 0.29) is 5.91 Å². The minimum Gasteiger partial charge on any atom is -0.372 e. The van der Waals surface area contributed by atoms with Gasteiger partial charge in [0.25, 0.3) is 5.91 Å². The Morgan fingerprint density at radius 1 is 0.967 bits per heavy atom. The first-order valence-electron chi connectivity index (χ1n) is 10.1. The molecule has 0 radical (unpaired) electrons. The fraction of sp³-hybridized carbons (Fsp3) is 0.200. The summed E-state index contributed by atoms with van der Waals surface area (Å²) in [5, 5.41) is 13.0. The second kappa shape index (κ2) is 9.02. The van der Waals surface area contributed by atoms with Crippen molar-refractivity contribution in [2.24, 2.45) is 0 Å². The minimum atomic E-state index is -0.256. The van der Waals surface area contributed by atoms with E-state index in [0.717, 1.165) is 29.9 Å². The lowest BCUT2D eigenvalue weighted by Gasteiger charge is -2.29. The second-order valence-corrected chi connectivity index (χ2v) is 7.81. The van der Waals surface area contributed by atoms with Crippen LogP contribution in [0.25, 0.3) is 11.1 Å². The van der Waals surface area contributed by atoms with Crippen molar-refractivity contribution < 1.29 is 4.79 Å². The van der Waals surface area contributed by atoms with E-state index in [9.17, 15) is 10.1 Å². The smallest absolute Gasteiger partial charge is 0.255 e. The lowest BCUT2D eigenvalue weighted by molar-refractivity contribution is 0.102. The first-order valence-corrected chi connectivity index (χ1v) is 10.5. The topological polar surface area (TPSA) is 56.1 Å². The van der Waals surface area contributed by atoms with Gasteiger partial charge in [-0.25, -0.2) is 0 Å². The number of carbonyl (C=O) groups excluding carboxylic acids is 1. The number of hydrogen-bond acceptors (Lipinski definition) is 3. The van der Waals surface area contributed by atoms with Gasteiger partial charge in [-0.2, -0.15) is 5.26 Å². The van der Waals surface area contributed by atoms with Crippen LogP contribution in [-0.4, -0.2) is 19.0 Å². The van der Waals surface area contributed by atoms with E-state index in [0.29, 0.717) is 21.8 Å². The van der Waals surface area contributed by atoms with Gasteiger partial charge in [0.15, 0.2) is 0 Å². The second-order valence-electron chi connectivity index (χ2n) is 7.41. The van der Waals surface area contributed by atoms with Crippen LogP contribution in [0.2, 0.25) is 5.02 Å². The van der Waals surface area contributed by atoms with Gasteiger partial charge >= 0.3 is 0 Å². The molecule has 1 aliphatic heterocycles. The molecule has 1 saturated heterocycles. The zero-order valence-corrected chi connectivity index (χ0v) is 17.3. The van der Waals surface area contributed by atoms with Crippen molar-refractivity contribution in [2.45, 2.75) is 19.3 Å². The maximum atomic E-state index is 12.9. The van der Waals surface area contributed by atoms with Gasteiger partial charge in [-0.3, -0.25) is 4.79 Å². The number of nitrogens with one attached hydrogen (secondary N) is 1. The van der Waals surface area contributed by atoms with Gasteiger partial charge in [0, 0.05) is 29.9 Å². The molecule has 4 nitrogen and oxygen atoms in total. The molecule has 1 aliphatic rings. The van der Waals surface area contributed by atoms with Crippen LogP contribution in [-0.2, 0) is 0 Å². The molecular formula is C25H22ClN3O. The Labute approximate surface area is 181 Å². The number of anilines is 2. The SMILES string of the molecule is N#Cc1cc(-c2ccccc2)c(Cl)cc1NC(=O)c1cccc(N2CCCCC2)c1. The Bertz CT molecular complexity index is 1100. The summed E-state index contributed by atoms with van der Waals surface area (Å²) >= 11 is 6.48. The molecule has 0 unspecified atom stereocenters. The van der Waals surface area contributed by atoms with Crippen LogP contribution < -0.4 is 10.2 Å². The molecule has 1 heterocycles. The molecule has 0 spiro atoms. The number of nitriles is 1. The number of carbonyl (C=O) groups is 1. The van der Waals surface area contributed by atoms with E-state index in [1.807, 2.05) is 48.5 Å². The highest BCUT2D eigenvalue weighted by Gasteiger charge is 2.16. The Morgan fingerprint density at radius 3 is 2.47 bits per heavy atom. The highest BCUT2D eigenvalue weighted by atomic mass is 35.5. The molecule has 3 aromatic carbocycles. The monoisotopic (exact) mass is 415 g/mol. The largest absolute Gasteiger partial charge is 0.372 e. The maximum Gasteiger partial charge on any atom is 0.255 e. The molecule has 1 N–H and O–H groups in total. The standard InChI is InChI=1S/C25H22ClN3O/c26-23-16-24(20(17-27)15-22(23)18-8-3-1-4-9-18)28-25(30)19-10-7-11-21(14-19)29-12-5-2-6-13-29/h1,3-4,7-11,14-16H,2,5-6,12-13H2,(H,28,30). The van der Waals surface area contributed by atoms with Crippen molar-refractivity contribution in [3.05, 3.63) is 82.9 Å². The van der Waals surface area contributed by atoms with Crippen LogP contribution in [0.5, 0.6) is 0 Å². The fourth-order valence-electron chi connectivity index (χ4n) is 3.80. The Morgan fingerprint density at radius 2 is 1.73 bits per heavy atom. The molecule has 150 valence electrons. The minimum absolute atomic E-state index is 0.256. The summed E-state index contributed by atoms with van der Waals surface area (Å²) in [5.74, 6) is -0.256. The summed E-state index contributed by atoms with van der Waals surface area (Å²) in [6.45, 7) is 2.03. The van der Waals surface area contributed by atoms with Crippen molar-refractivity contribution in [3.63, 3.8) is 0 Å². The molecule has 30 heavy (non-hydrogen) atoms. The van der Waals surface area contributed by atoms with E-state index in [4.69, 9.17) is 11.6 Å². The number of benzene rings is 3. The van der Waals surface area contributed by atoms with Gasteiger partial charge in [0.2, 0.25) is 0 Å². The first kappa shape index (κ1) is 20.0. The summed E-state index contributed by atoms with van der Waals surface area (Å²) in [6, 6.07) is 22.8. The third-order valence-corrected chi connectivity index (χ3v) is 5.70. The first-order chi connectivity index (χ1) is 14.7. The Balaban J connectivity index is 1.59. The zero-order valence-electron chi connectivity index (χ0n) is 16.6. The van der Waals surface area contributed by atoms with Crippen LogP contribution in [0.3, 0.4) is 0 Å². The summed E-state index contributed by atoms with van der Waals surface area (Å²) in [4.78, 5) is 15.2. The number of nitrogens with zero attached hydrogens (tertiary/aromatic N) is 2. The molecule has 5 heteroatoms. The lowest BCUT2D eigenvalue weighted by atomic mass is 10.0. The van der Waals surface area contributed by atoms with Crippen LogP contribution in [0.15, 0.2) is 66.7 Å². The average Bonchev–Trinajstić information content (AvgIpc) is 2.80. The average molecular weight is 416 g/mol. The molecule has 1 amide bonds.